The lowest BCUT2D eigenvalue weighted by atomic mass is 9.86. The van der Waals surface area contributed by atoms with Crippen LogP contribution in [-0.2, 0) is 26.2 Å². The molecule has 1 fully saturated rings. The van der Waals surface area contributed by atoms with Crippen LogP contribution in [0.25, 0.3) is 11.5 Å². The van der Waals surface area contributed by atoms with Gasteiger partial charge in [0, 0.05) is 34.6 Å². The van der Waals surface area contributed by atoms with E-state index in [0.29, 0.717) is 61.9 Å². The number of hydrogen-bond donors (Lipinski definition) is 1. The first kappa shape index (κ1) is 24.5. The van der Waals surface area contributed by atoms with Gasteiger partial charge in [-0.2, -0.15) is 10.2 Å². The maximum absolute atomic E-state index is 13.5. The Kier molecular flexibility index (Phi) is 6.66. The van der Waals surface area contributed by atoms with Crippen molar-refractivity contribution in [1.82, 2.24) is 10.1 Å². The van der Waals surface area contributed by atoms with Crippen molar-refractivity contribution in [2.24, 2.45) is 5.92 Å². The van der Waals surface area contributed by atoms with Crippen molar-refractivity contribution in [3.8, 4) is 23.3 Å². The van der Waals surface area contributed by atoms with Crippen LogP contribution < -0.4 is 10.1 Å². The smallest absolute Gasteiger partial charge is 0.305 e. The molecule has 9 heteroatoms. The van der Waals surface area contributed by atoms with Crippen molar-refractivity contribution in [1.29, 1.82) is 5.26 Å². The van der Waals surface area contributed by atoms with E-state index in [1.165, 1.54) is 0 Å². The van der Waals surface area contributed by atoms with Gasteiger partial charge in [-0.3, -0.25) is 9.59 Å². The first-order chi connectivity index (χ1) is 17.9. The largest absolute Gasteiger partial charge is 0.493 e. The summed E-state index contributed by atoms with van der Waals surface area (Å²) in [4.78, 5) is 29.5. The number of nitrogens with zero attached hydrogens (tertiary/aromatic N) is 3. The summed E-state index contributed by atoms with van der Waals surface area (Å²) in [6.45, 7) is 4.44. The summed E-state index contributed by atoms with van der Waals surface area (Å²) in [7, 11) is 0. The molecule has 1 spiro atoms. The van der Waals surface area contributed by atoms with Crippen molar-refractivity contribution < 1.29 is 23.6 Å². The van der Waals surface area contributed by atoms with Crippen LogP contribution in [0.15, 0.2) is 40.9 Å². The fourth-order valence-electron chi connectivity index (χ4n) is 5.15. The Bertz CT molecular complexity index is 1390. The normalized spacial score (nSPS) is 19.4. The van der Waals surface area contributed by atoms with Crippen LogP contribution in [0.5, 0.6) is 5.75 Å². The third-order valence-electron chi connectivity index (χ3n) is 7.12. The number of aryl methyl sites for hydroxylation is 2. The molecule has 1 aliphatic heterocycles. The van der Waals surface area contributed by atoms with Gasteiger partial charge in [-0.05, 0) is 75.4 Å². The lowest BCUT2D eigenvalue weighted by molar-refractivity contribution is -0.143. The molecule has 2 aromatic carbocycles. The van der Waals surface area contributed by atoms with Crippen LogP contribution in [0.1, 0.15) is 55.1 Å². The molecular weight excluding hydrogens is 472 g/mol. The van der Waals surface area contributed by atoms with E-state index in [1.54, 1.807) is 26.0 Å². The number of aromatic nitrogens is 2. The molecule has 0 radical (unpaired) electrons. The second kappa shape index (κ2) is 10.1. The number of fused-ring (bicyclic) bond motifs is 2. The molecule has 1 N–H and O–H groups in total. The third kappa shape index (κ3) is 4.92. The van der Waals surface area contributed by atoms with E-state index in [9.17, 15) is 14.9 Å². The molecule has 2 atom stereocenters. The van der Waals surface area contributed by atoms with E-state index < -0.39 is 0 Å². The molecule has 1 amide bonds. The standard InChI is InChI=1S/C28H28N4O5/c1-3-35-25(33)6-4-5-19-8-7-18(16-29)13-23(19)31-26(34)22-15-28(22)11-12-36-24-10-9-20(14-21(24)28)27-30-17(2)32-37-27/h7-10,13-14,22H,3-6,11-12,15H2,1-2H3,(H,31,34)/t22-,28-/m0/s1. The van der Waals surface area contributed by atoms with Gasteiger partial charge in [0.2, 0.25) is 5.91 Å². The van der Waals surface area contributed by atoms with Gasteiger partial charge in [-0.15, -0.1) is 0 Å². The highest BCUT2D eigenvalue weighted by Crippen LogP contribution is 2.61. The summed E-state index contributed by atoms with van der Waals surface area (Å²) in [5, 5.41) is 16.3. The molecule has 2 heterocycles. The molecule has 37 heavy (non-hydrogen) atoms. The first-order valence-electron chi connectivity index (χ1n) is 12.5. The number of carbonyl (C=O) groups excluding carboxylic acids is 2. The fraction of sp³-hybridized carbons (Fsp3) is 0.393. The van der Waals surface area contributed by atoms with Crippen LogP contribution in [0.3, 0.4) is 0 Å². The zero-order chi connectivity index (χ0) is 26.0. The monoisotopic (exact) mass is 500 g/mol. The summed E-state index contributed by atoms with van der Waals surface area (Å²) in [5.74, 6) is 1.20. The number of nitrogens with one attached hydrogen (secondary N) is 1. The van der Waals surface area contributed by atoms with Crippen LogP contribution in [0, 0.1) is 24.2 Å². The van der Waals surface area contributed by atoms with E-state index in [0.717, 1.165) is 28.9 Å². The van der Waals surface area contributed by atoms with Gasteiger partial charge in [0.25, 0.3) is 5.89 Å². The van der Waals surface area contributed by atoms with Gasteiger partial charge >= 0.3 is 5.97 Å². The second-order valence-electron chi connectivity index (χ2n) is 9.50. The Morgan fingerprint density at radius 1 is 1.27 bits per heavy atom. The highest BCUT2D eigenvalue weighted by molar-refractivity contribution is 5.97. The molecule has 2 aliphatic rings. The van der Waals surface area contributed by atoms with Gasteiger partial charge < -0.3 is 19.3 Å². The van der Waals surface area contributed by atoms with Crippen molar-refractivity contribution in [2.45, 2.75) is 51.4 Å². The predicted octanol–water partition coefficient (Wildman–Crippen LogP) is 4.48. The van der Waals surface area contributed by atoms with E-state index in [1.807, 2.05) is 24.3 Å². The Morgan fingerprint density at radius 3 is 2.89 bits per heavy atom. The van der Waals surface area contributed by atoms with Crippen LogP contribution in [0.2, 0.25) is 0 Å². The Balaban J connectivity index is 1.34. The lowest BCUT2D eigenvalue weighted by Gasteiger charge is -2.27. The number of rotatable bonds is 8. The molecule has 9 nitrogen and oxygen atoms in total. The number of ether oxygens (including phenoxy) is 2. The predicted molar refractivity (Wildman–Crippen MR) is 134 cm³/mol. The summed E-state index contributed by atoms with van der Waals surface area (Å²) < 4.78 is 16.2. The van der Waals surface area contributed by atoms with E-state index in [-0.39, 0.29) is 23.2 Å². The first-order valence-corrected chi connectivity index (χ1v) is 12.5. The summed E-state index contributed by atoms with van der Waals surface area (Å²) >= 11 is 0. The Labute approximate surface area is 214 Å². The lowest BCUT2D eigenvalue weighted by Crippen LogP contribution is -2.27. The number of nitriles is 1. The minimum Gasteiger partial charge on any atom is -0.493 e. The number of hydrogen-bond acceptors (Lipinski definition) is 8. The van der Waals surface area contributed by atoms with Crippen LogP contribution >= 0.6 is 0 Å². The van der Waals surface area contributed by atoms with E-state index in [4.69, 9.17) is 14.0 Å². The quantitative estimate of drug-likeness (QED) is 0.449. The molecule has 5 rings (SSSR count). The van der Waals surface area contributed by atoms with Crippen LogP contribution in [0.4, 0.5) is 5.69 Å². The highest BCUT2D eigenvalue weighted by Gasteiger charge is 2.61. The van der Waals surface area contributed by atoms with Gasteiger partial charge in [0.15, 0.2) is 5.82 Å². The number of anilines is 1. The van der Waals surface area contributed by atoms with Gasteiger partial charge in [-0.25, -0.2) is 0 Å². The van der Waals surface area contributed by atoms with Crippen LogP contribution in [-0.4, -0.2) is 35.2 Å². The number of esters is 1. The zero-order valence-electron chi connectivity index (χ0n) is 20.9. The SMILES string of the molecule is CCOC(=O)CCCc1ccc(C#N)cc1NC(=O)[C@@H]1C[C@]12CCOc1ccc(-c3nc(C)no3)cc12. The topological polar surface area (TPSA) is 127 Å². The molecular formula is C28H28N4O5. The van der Waals surface area contributed by atoms with E-state index in [2.05, 4.69) is 21.5 Å². The van der Waals surface area contributed by atoms with Crippen molar-refractivity contribution in [2.75, 3.05) is 18.5 Å². The molecule has 190 valence electrons. The highest BCUT2D eigenvalue weighted by atomic mass is 16.5. The van der Waals surface area contributed by atoms with Crippen molar-refractivity contribution >= 4 is 17.6 Å². The average molecular weight is 501 g/mol. The Hall–Kier alpha value is -4.19. The van der Waals surface area contributed by atoms with Crippen molar-refractivity contribution in [3.05, 3.63) is 58.9 Å². The number of amides is 1. The minimum absolute atomic E-state index is 0.0892. The molecule has 1 aromatic heterocycles. The molecule has 0 unspecified atom stereocenters. The summed E-state index contributed by atoms with van der Waals surface area (Å²) in [6, 6.07) is 13.2. The van der Waals surface area contributed by atoms with Gasteiger partial charge in [0.05, 0.1) is 24.8 Å². The molecule has 0 saturated heterocycles. The van der Waals surface area contributed by atoms with E-state index >= 15 is 0 Å². The average Bonchev–Trinajstić information content (AvgIpc) is 3.45. The van der Waals surface area contributed by atoms with Gasteiger partial charge in [0.1, 0.15) is 5.75 Å². The fourth-order valence-corrected chi connectivity index (χ4v) is 5.15. The van der Waals surface area contributed by atoms with Gasteiger partial charge in [-0.1, -0.05) is 11.2 Å². The minimum atomic E-state index is -0.320. The number of carbonyl (C=O) groups is 2. The molecule has 3 aromatic rings. The maximum Gasteiger partial charge on any atom is 0.305 e. The zero-order valence-corrected chi connectivity index (χ0v) is 20.9. The summed E-state index contributed by atoms with van der Waals surface area (Å²) in [6.07, 6.45) is 2.90. The molecule has 1 saturated carbocycles. The number of benzene rings is 2. The Morgan fingerprint density at radius 2 is 2.14 bits per heavy atom. The molecule has 1 aliphatic carbocycles. The maximum atomic E-state index is 13.5. The second-order valence-corrected chi connectivity index (χ2v) is 9.50. The summed E-state index contributed by atoms with van der Waals surface area (Å²) in [5.41, 5.74) is 3.41. The van der Waals surface area contributed by atoms with Crippen molar-refractivity contribution in [3.63, 3.8) is 0 Å². The molecule has 0 bridgehead atoms. The third-order valence-corrected chi connectivity index (χ3v) is 7.12.